The third-order valence-corrected chi connectivity index (χ3v) is 2.92. The van der Waals surface area contributed by atoms with Gasteiger partial charge in [-0.25, -0.2) is 9.97 Å². The van der Waals surface area contributed by atoms with Crippen molar-refractivity contribution >= 4 is 21.7 Å². The third kappa shape index (κ3) is 3.43. The summed E-state index contributed by atoms with van der Waals surface area (Å²) in [5.74, 6) is 1.67. The topological polar surface area (TPSA) is 47.0 Å². The highest BCUT2D eigenvalue weighted by Gasteiger charge is 2.01. The van der Waals surface area contributed by atoms with Gasteiger partial charge in [-0.1, -0.05) is 12.1 Å². The normalized spacial score (nSPS) is 10.1. The number of halogens is 1. The Balaban J connectivity index is 2.02. The van der Waals surface area contributed by atoms with Gasteiger partial charge in [0.1, 0.15) is 17.9 Å². The number of ether oxygens (including phenoxy) is 1. The minimum atomic E-state index is 0.675. The lowest BCUT2D eigenvalue weighted by Gasteiger charge is -2.08. The van der Waals surface area contributed by atoms with E-state index < -0.39 is 0 Å². The lowest BCUT2D eigenvalue weighted by atomic mass is 10.2. The molecule has 94 valence electrons. The molecule has 0 unspecified atom stereocenters. The SMILES string of the molecule is CCOc1cccc(CNc2ncncc2Br)c1. The van der Waals surface area contributed by atoms with Gasteiger partial charge < -0.3 is 10.1 Å². The molecule has 0 aliphatic rings. The summed E-state index contributed by atoms with van der Waals surface area (Å²) in [6, 6.07) is 8.00. The standard InChI is InChI=1S/C13H14BrN3O/c1-2-18-11-5-3-4-10(6-11)7-16-13-12(14)8-15-9-17-13/h3-6,8-9H,2,7H2,1H3,(H,15,16,17). The highest BCUT2D eigenvalue weighted by molar-refractivity contribution is 9.10. The quantitative estimate of drug-likeness (QED) is 0.921. The molecule has 1 aromatic carbocycles. The summed E-state index contributed by atoms with van der Waals surface area (Å²) in [6.07, 6.45) is 3.23. The van der Waals surface area contributed by atoms with Crippen LogP contribution in [0.2, 0.25) is 0 Å². The summed E-state index contributed by atoms with van der Waals surface area (Å²) in [7, 11) is 0. The molecule has 0 aliphatic heterocycles. The molecule has 0 fully saturated rings. The van der Waals surface area contributed by atoms with Gasteiger partial charge in [0, 0.05) is 12.7 Å². The van der Waals surface area contributed by atoms with Crippen LogP contribution in [0.25, 0.3) is 0 Å². The Hall–Kier alpha value is -1.62. The maximum Gasteiger partial charge on any atom is 0.144 e. The van der Waals surface area contributed by atoms with Crippen molar-refractivity contribution in [3.63, 3.8) is 0 Å². The Morgan fingerprint density at radius 3 is 3.06 bits per heavy atom. The molecule has 0 spiro atoms. The van der Waals surface area contributed by atoms with E-state index in [-0.39, 0.29) is 0 Å². The summed E-state index contributed by atoms with van der Waals surface area (Å²) < 4.78 is 6.31. The second-order valence-corrected chi connectivity index (χ2v) is 4.51. The number of nitrogens with zero attached hydrogens (tertiary/aromatic N) is 2. The Morgan fingerprint density at radius 2 is 2.28 bits per heavy atom. The van der Waals surface area contributed by atoms with E-state index in [1.807, 2.05) is 31.2 Å². The van der Waals surface area contributed by atoms with E-state index in [4.69, 9.17) is 4.74 Å². The molecule has 0 saturated heterocycles. The zero-order chi connectivity index (χ0) is 12.8. The van der Waals surface area contributed by atoms with Crippen LogP contribution >= 0.6 is 15.9 Å². The number of aromatic nitrogens is 2. The Kier molecular flexibility index (Phi) is 4.52. The molecule has 0 aliphatic carbocycles. The summed E-state index contributed by atoms with van der Waals surface area (Å²) in [4.78, 5) is 8.07. The van der Waals surface area contributed by atoms with Crippen molar-refractivity contribution in [1.29, 1.82) is 0 Å². The van der Waals surface area contributed by atoms with Crippen LogP contribution < -0.4 is 10.1 Å². The van der Waals surface area contributed by atoms with Crippen molar-refractivity contribution in [2.24, 2.45) is 0 Å². The van der Waals surface area contributed by atoms with Crippen LogP contribution in [0.5, 0.6) is 5.75 Å². The molecule has 0 radical (unpaired) electrons. The molecular formula is C13H14BrN3O. The van der Waals surface area contributed by atoms with Crippen molar-refractivity contribution < 1.29 is 4.74 Å². The second kappa shape index (κ2) is 6.35. The zero-order valence-electron chi connectivity index (χ0n) is 10.1. The first-order valence-corrected chi connectivity index (χ1v) is 6.50. The van der Waals surface area contributed by atoms with Crippen LogP contribution in [-0.2, 0) is 6.54 Å². The number of benzene rings is 1. The average molecular weight is 308 g/mol. The molecule has 5 heteroatoms. The number of hydrogen-bond acceptors (Lipinski definition) is 4. The minimum Gasteiger partial charge on any atom is -0.494 e. The van der Waals surface area contributed by atoms with E-state index in [9.17, 15) is 0 Å². The Morgan fingerprint density at radius 1 is 1.39 bits per heavy atom. The molecule has 0 saturated carbocycles. The van der Waals surface area contributed by atoms with Gasteiger partial charge >= 0.3 is 0 Å². The molecule has 1 aromatic heterocycles. The van der Waals surface area contributed by atoms with Gasteiger partial charge in [-0.15, -0.1) is 0 Å². The molecule has 1 N–H and O–H groups in total. The fourth-order valence-electron chi connectivity index (χ4n) is 1.54. The summed E-state index contributed by atoms with van der Waals surface area (Å²) >= 11 is 3.40. The van der Waals surface area contributed by atoms with Crippen LogP contribution in [0.15, 0.2) is 41.3 Å². The maximum absolute atomic E-state index is 5.46. The molecule has 4 nitrogen and oxygen atoms in total. The van der Waals surface area contributed by atoms with E-state index in [1.165, 1.54) is 6.33 Å². The number of hydrogen-bond donors (Lipinski definition) is 1. The van der Waals surface area contributed by atoms with Gasteiger partial charge in [-0.3, -0.25) is 0 Å². The molecule has 0 atom stereocenters. The smallest absolute Gasteiger partial charge is 0.144 e. The monoisotopic (exact) mass is 307 g/mol. The fraction of sp³-hybridized carbons (Fsp3) is 0.231. The highest BCUT2D eigenvalue weighted by Crippen LogP contribution is 2.19. The largest absolute Gasteiger partial charge is 0.494 e. The van der Waals surface area contributed by atoms with E-state index in [0.29, 0.717) is 13.2 Å². The van der Waals surface area contributed by atoms with Crippen LogP contribution in [0.3, 0.4) is 0 Å². The summed E-state index contributed by atoms with van der Waals surface area (Å²) in [6.45, 7) is 3.34. The number of anilines is 1. The average Bonchev–Trinajstić information content (AvgIpc) is 2.39. The van der Waals surface area contributed by atoms with E-state index in [2.05, 4.69) is 31.2 Å². The molecule has 0 bridgehead atoms. The first-order valence-electron chi connectivity index (χ1n) is 5.70. The van der Waals surface area contributed by atoms with Gasteiger partial charge in [0.15, 0.2) is 0 Å². The molecule has 2 rings (SSSR count). The lowest BCUT2D eigenvalue weighted by Crippen LogP contribution is -2.02. The summed E-state index contributed by atoms with van der Waals surface area (Å²) in [5, 5.41) is 3.25. The summed E-state index contributed by atoms with van der Waals surface area (Å²) in [5.41, 5.74) is 1.14. The first kappa shape index (κ1) is 12.8. The lowest BCUT2D eigenvalue weighted by molar-refractivity contribution is 0.340. The van der Waals surface area contributed by atoms with Crippen LogP contribution in [0.4, 0.5) is 5.82 Å². The van der Waals surface area contributed by atoms with Crippen molar-refractivity contribution in [1.82, 2.24) is 9.97 Å². The number of rotatable bonds is 5. The van der Waals surface area contributed by atoms with Gasteiger partial charge in [-0.2, -0.15) is 0 Å². The Bertz CT molecular complexity index is 519. The van der Waals surface area contributed by atoms with Gasteiger partial charge in [-0.05, 0) is 40.5 Å². The minimum absolute atomic E-state index is 0.675. The molecule has 2 aromatic rings. The van der Waals surface area contributed by atoms with Crippen LogP contribution in [-0.4, -0.2) is 16.6 Å². The Labute approximate surface area is 115 Å². The van der Waals surface area contributed by atoms with E-state index in [0.717, 1.165) is 21.6 Å². The van der Waals surface area contributed by atoms with Crippen molar-refractivity contribution in [3.05, 3.63) is 46.8 Å². The van der Waals surface area contributed by atoms with E-state index >= 15 is 0 Å². The predicted octanol–water partition coefficient (Wildman–Crippen LogP) is 3.25. The molecule has 0 amide bonds. The van der Waals surface area contributed by atoms with Crippen molar-refractivity contribution in [2.45, 2.75) is 13.5 Å². The molecule has 18 heavy (non-hydrogen) atoms. The molecule has 1 heterocycles. The van der Waals surface area contributed by atoms with Gasteiger partial charge in [0.25, 0.3) is 0 Å². The highest BCUT2D eigenvalue weighted by atomic mass is 79.9. The predicted molar refractivity (Wildman–Crippen MR) is 74.7 cm³/mol. The fourth-order valence-corrected chi connectivity index (χ4v) is 1.90. The van der Waals surface area contributed by atoms with Crippen LogP contribution in [0, 0.1) is 0 Å². The number of nitrogens with one attached hydrogen (secondary N) is 1. The van der Waals surface area contributed by atoms with Gasteiger partial charge in [0.05, 0.1) is 11.1 Å². The van der Waals surface area contributed by atoms with Gasteiger partial charge in [0.2, 0.25) is 0 Å². The van der Waals surface area contributed by atoms with Crippen molar-refractivity contribution in [3.8, 4) is 5.75 Å². The van der Waals surface area contributed by atoms with Crippen molar-refractivity contribution in [2.75, 3.05) is 11.9 Å². The molecular weight excluding hydrogens is 294 g/mol. The van der Waals surface area contributed by atoms with E-state index in [1.54, 1.807) is 6.20 Å². The third-order valence-electron chi connectivity index (χ3n) is 2.34. The first-order chi connectivity index (χ1) is 8.79. The maximum atomic E-state index is 5.46. The second-order valence-electron chi connectivity index (χ2n) is 3.65. The van der Waals surface area contributed by atoms with Crippen LogP contribution in [0.1, 0.15) is 12.5 Å². The zero-order valence-corrected chi connectivity index (χ0v) is 11.6.